The van der Waals surface area contributed by atoms with Crippen LogP contribution in [0.15, 0.2) is 0 Å². The van der Waals surface area contributed by atoms with Crippen LogP contribution in [0.25, 0.3) is 0 Å². The molecule has 0 fully saturated rings. The van der Waals surface area contributed by atoms with Gasteiger partial charge in [-0.3, -0.25) is 0 Å². The maximum Gasteiger partial charge on any atom is 0.452 e. The second-order valence-corrected chi connectivity index (χ2v) is 4.17. The Morgan fingerprint density at radius 1 is 0.375 bits per heavy atom. The van der Waals surface area contributed by atoms with E-state index >= 15 is 0 Å². The average Bonchev–Trinajstić information content (AvgIpc) is 2.07. The minimum atomic E-state index is -5.91. The van der Waals surface area contributed by atoms with E-state index in [0.29, 0.717) is 0 Å². The molecule has 150 valence electrons. The SMILES string of the molecule is CC(F)(C(F)(F)F)C(F)(F)F.CC(F)(F)C(F)(F)F.CC(F)(F)F. The number of halogens is 15. The van der Waals surface area contributed by atoms with Gasteiger partial charge in [0.25, 0.3) is 5.67 Å². The van der Waals surface area contributed by atoms with Gasteiger partial charge in [-0.1, -0.05) is 0 Å². The van der Waals surface area contributed by atoms with Crippen molar-refractivity contribution >= 4 is 0 Å². The summed E-state index contributed by atoms with van der Waals surface area (Å²) in [7, 11) is 0. The Labute approximate surface area is 124 Å². The van der Waals surface area contributed by atoms with Crippen LogP contribution in [0.4, 0.5) is 65.9 Å². The summed E-state index contributed by atoms with van der Waals surface area (Å²) in [6.45, 7) is -0.562. The van der Waals surface area contributed by atoms with E-state index in [1.807, 2.05) is 0 Å². The van der Waals surface area contributed by atoms with Crippen LogP contribution in [0.2, 0.25) is 0 Å². The first-order valence-electron chi connectivity index (χ1n) is 5.08. The van der Waals surface area contributed by atoms with Crippen LogP contribution in [-0.4, -0.2) is 36.3 Å². The highest BCUT2D eigenvalue weighted by molar-refractivity contribution is 4.89. The highest BCUT2D eigenvalue weighted by Crippen LogP contribution is 2.45. The van der Waals surface area contributed by atoms with E-state index in [0.717, 1.165) is 0 Å². The lowest BCUT2D eigenvalue weighted by Crippen LogP contribution is -2.50. The third kappa shape index (κ3) is 12.4. The fraction of sp³-hybridized carbons (Fsp3) is 1.00. The summed E-state index contributed by atoms with van der Waals surface area (Å²) in [6, 6.07) is 0. The van der Waals surface area contributed by atoms with Crippen molar-refractivity contribution in [1.29, 1.82) is 0 Å². The highest BCUT2D eigenvalue weighted by Gasteiger charge is 2.69. The first kappa shape index (κ1) is 27.8. The molecule has 0 aliphatic heterocycles. The Morgan fingerprint density at radius 3 is 0.500 bits per heavy atom. The Balaban J connectivity index is -0.000000298. The van der Waals surface area contributed by atoms with E-state index < -0.39 is 43.2 Å². The Kier molecular flexibility index (Phi) is 9.13. The summed E-state index contributed by atoms with van der Waals surface area (Å²) in [4.78, 5) is 0. The van der Waals surface area contributed by atoms with Crippen LogP contribution in [0.3, 0.4) is 0 Å². The van der Waals surface area contributed by atoms with Gasteiger partial charge in [0.2, 0.25) is 0 Å². The van der Waals surface area contributed by atoms with Gasteiger partial charge < -0.3 is 0 Å². The van der Waals surface area contributed by atoms with Crippen molar-refractivity contribution < 1.29 is 65.9 Å². The van der Waals surface area contributed by atoms with Crippen LogP contribution in [0, 0.1) is 0 Å². The molecule has 0 rings (SSSR count). The van der Waals surface area contributed by atoms with Crippen LogP contribution in [-0.2, 0) is 0 Å². The fourth-order valence-corrected chi connectivity index (χ4v) is 0.161. The molecule has 0 amide bonds. The maximum absolute atomic E-state index is 11.9. The predicted molar refractivity (Wildman–Crippen MR) is 50.0 cm³/mol. The lowest BCUT2D eigenvalue weighted by molar-refractivity contribution is -0.334. The van der Waals surface area contributed by atoms with Gasteiger partial charge in [0, 0.05) is 13.8 Å². The molecule has 0 aliphatic carbocycles. The molecule has 0 N–H and O–H groups in total. The molecule has 0 aromatic carbocycles. The van der Waals surface area contributed by atoms with Gasteiger partial charge in [0.15, 0.2) is 0 Å². The standard InChI is InChI=1S/C4H3F7.C3H3F5.C2H3F3/c1-2(5,3(6,7)8)4(9,10)11;1-2(4,5)3(6,7)8;1-2(3,4)5/h1H3;1H3;1H3. The van der Waals surface area contributed by atoms with Gasteiger partial charge in [0.1, 0.15) is 0 Å². The van der Waals surface area contributed by atoms with E-state index in [9.17, 15) is 65.9 Å². The minimum Gasteiger partial charge on any atom is -0.224 e. The molecule has 0 bridgehead atoms. The Morgan fingerprint density at radius 2 is 0.500 bits per heavy atom. The quantitative estimate of drug-likeness (QED) is 0.400. The molecule has 24 heavy (non-hydrogen) atoms. The van der Waals surface area contributed by atoms with Crippen molar-refractivity contribution in [3.63, 3.8) is 0 Å². The molecule has 0 aromatic rings. The van der Waals surface area contributed by atoms with E-state index in [1.54, 1.807) is 0 Å². The second kappa shape index (κ2) is 7.89. The van der Waals surface area contributed by atoms with E-state index in [4.69, 9.17) is 0 Å². The maximum atomic E-state index is 11.9. The molecule has 0 aliphatic rings. The molecule has 0 atom stereocenters. The topological polar surface area (TPSA) is 0 Å². The molecule has 15 heteroatoms. The monoisotopic (exact) mass is 402 g/mol. The van der Waals surface area contributed by atoms with Crippen molar-refractivity contribution in [3.05, 3.63) is 0 Å². The van der Waals surface area contributed by atoms with E-state index in [2.05, 4.69) is 0 Å². The second-order valence-electron chi connectivity index (χ2n) is 4.17. The molecule has 0 spiro atoms. The third-order valence-corrected chi connectivity index (χ3v) is 1.56. The normalized spacial score (nSPS) is 14.2. The fourth-order valence-electron chi connectivity index (χ4n) is 0.161. The highest BCUT2D eigenvalue weighted by atomic mass is 19.4. The zero-order valence-corrected chi connectivity index (χ0v) is 11.7. The lowest BCUT2D eigenvalue weighted by Gasteiger charge is -2.25. The molecular weight excluding hydrogens is 393 g/mol. The Bertz CT molecular complexity index is 310. The molecule has 0 saturated heterocycles. The predicted octanol–water partition coefficient (Wildman–Crippen LogP) is 6.61. The zero-order valence-electron chi connectivity index (χ0n) is 11.7. The summed E-state index contributed by atoms with van der Waals surface area (Å²) in [5.74, 6) is -4.56. The summed E-state index contributed by atoms with van der Waals surface area (Å²) < 4.78 is 165. The molecular formula is C9H9F15. The van der Waals surface area contributed by atoms with Crippen molar-refractivity contribution in [2.24, 2.45) is 0 Å². The van der Waals surface area contributed by atoms with Gasteiger partial charge in [-0.15, -0.1) is 0 Å². The van der Waals surface area contributed by atoms with Gasteiger partial charge >= 0.3 is 30.6 Å². The van der Waals surface area contributed by atoms with Gasteiger partial charge in [-0.2, -0.15) is 61.5 Å². The summed E-state index contributed by atoms with van der Waals surface area (Å²) in [5, 5.41) is 0. The van der Waals surface area contributed by atoms with Crippen LogP contribution in [0.5, 0.6) is 0 Å². The molecule has 0 aromatic heterocycles. The Hall–Kier alpha value is -1.05. The van der Waals surface area contributed by atoms with Gasteiger partial charge in [-0.05, 0) is 6.92 Å². The number of hydrogen-bond acceptors (Lipinski definition) is 0. The van der Waals surface area contributed by atoms with Crippen LogP contribution >= 0.6 is 0 Å². The van der Waals surface area contributed by atoms with Gasteiger partial charge in [0.05, 0.1) is 0 Å². The minimum absolute atomic E-state index is 0.188. The lowest BCUT2D eigenvalue weighted by atomic mass is 10.1. The molecule has 0 nitrogen and oxygen atoms in total. The van der Waals surface area contributed by atoms with Crippen molar-refractivity contribution in [1.82, 2.24) is 0 Å². The molecule has 0 heterocycles. The van der Waals surface area contributed by atoms with Crippen LogP contribution in [0.1, 0.15) is 20.8 Å². The van der Waals surface area contributed by atoms with Crippen molar-refractivity contribution in [2.45, 2.75) is 57.1 Å². The van der Waals surface area contributed by atoms with Gasteiger partial charge in [-0.25, -0.2) is 4.39 Å². The van der Waals surface area contributed by atoms with Crippen molar-refractivity contribution in [2.75, 3.05) is 0 Å². The number of hydrogen-bond donors (Lipinski definition) is 0. The third-order valence-electron chi connectivity index (χ3n) is 1.56. The molecule has 0 saturated carbocycles. The largest absolute Gasteiger partial charge is 0.452 e. The first-order valence-corrected chi connectivity index (χ1v) is 5.08. The smallest absolute Gasteiger partial charge is 0.224 e. The number of alkyl halides is 15. The first-order chi connectivity index (χ1) is 9.75. The molecule has 0 unspecified atom stereocenters. The van der Waals surface area contributed by atoms with E-state index in [1.165, 1.54) is 0 Å². The van der Waals surface area contributed by atoms with Crippen LogP contribution < -0.4 is 0 Å². The number of rotatable bonds is 0. The average molecular weight is 402 g/mol. The van der Waals surface area contributed by atoms with E-state index in [-0.39, 0.29) is 13.8 Å². The summed E-state index contributed by atoms with van der Waals surface area (Å²) >= 11 is 0. The van der Waals surface area contributed by atoms with Crippen molar-refractivity contribution in [3.8, 4) is 0 Å². The zero-order chi connectivity index (χ0) is 21.0. The summed E-state index contributed by atoms with van der Waals surface area (Å²) in [6.07, 6.45) is -21.2. The summed E-state index contributed by atoms with van der Waals surface area (Å²) in [5.41, 5.74) is -5.12. The molecule has 0 radical (unpaired) electrons.